The number of para-hydroxylation sites is 1. The van der Waals surface area contributed by atoms with Crippen LogP contribution in [-0.4, -0.2) is 36.3 Å². The molecule has 26 heavy (non-hydrogen) atoms. The van der Waals surface area contributed by atoms with Crippen LogP contribution in [0.1, 0.15) is 33.8 Å². The molecule has 0 atom stereocenters. The molecule has 6 nitrogen and oxygen atoms in total. The fourth-order valence-corrected chi connectivity index (χ4v) is 3.33. The van der Waals surface area contributed by atoms with Gasteiger partial charge in [-0.3, -0.25) is 9.59 Å². The number of amides is 2. The van der Waals surface area contributed by atoms with Crippen LogP contribution in [-0.2, 0) is 0 Å². The topological polar surface area (TPSA) is 75.7 Å². The van der Waals surface area contributed by atoms with E-state index < -0.39 is 0 Å². The van der Waals surface area contributed by atoms with Crippen LogP contribution >= 0.6 is 0 Å². The Kier molecular flexibility index (Phi) is 4.48. The van der Waals surface area contributed by atoms with Crippen molar-refractivity contribution in [3.8, 4) is 0 Å². The Bertz CT molecular complexity index is 872. The molecule has 3 aromatic rings. The average molecular weight is 352 g/mol. The van der Waals surface area contributed by atoms with E-state index in [9.17, 15) is 9.59 Å². The first-order valence-corrected chi connectivity index (χ1v) is 8.79. The number of hydrogen-bond donors (Lipinski definition) is 1. The highest BCUT2D eigenvalue weighted by Crippen LogP contribution is 2.20. The van der Waals surface area contributed by atoms with E-state index in [0.29, 0.717) is 42.5 Å². The molecule has 0 aliphatic carbocycles. The van der Waals surface area contributed by atoms with Gasteiger partial charge in [-0.25, -0.2) is 0 Å². The van der Waals surface area contributed by atoms with E-state index in [1.54, 1.807) is 12.1 Å². The minimum atomic E-state index is -0.196. The Hall–Kier alpha value is -3.02. The molecule has 0 radical (unpaired) electrons. The van der Waals surface area contributed by atoms with Gasteiger partial charge in [0.05, 0.1) is 11.8 Å². The lowest BCUT2D eigenvalue weighted by Gasteiger charge is -2.31. The number of piperidine rings is 1. The standard InChI is InChI=1S/C20H20N2O4/c23-19(18-11-15-3-1-2-4-17(15)26-18)21-12-14-5-8-22(9-6-14)20(24)16-7-10-25-13-16/h1-4,7,10-11,13-14H,5-6,8-9,12H2,(H,21,23). The third kappa shape index (κ3) is 3.35. The fourth-order valence-electron chi connectivity index (χ4n) is 3.33. The molecular weight excluding hydrogens is 332 g/mol. The molecule has 134 valence electrons. The highest BCUT2D eigenvalue weighted by Gasteiger charge is 2.24. The lowest BCUT2D eigenvalue weighted by molar-refractivity contribution is 0.0682. The van der Waals surface area contributed by atoms with E-state index in [1.807, 2.05) is 29.2 Å². The third-order valence-electron chi connectivity index (χ3n) is 4.87. The number of hydrogen-bond acceptors (Lipinski definition) is 4. The van der Waals surface area contributed by atoms with Crippen molar-refractivity contribution in [3.63, 3.8) is 0 Å². The maximum absolute atomic E-state index is 12.3. The molecule has 3 heterocycles. The van der Waals surface area contributed by atoms with Crippen LogP contribution < -0.4 is 5.32 Å². The van der Waals surface area contributed by atoms with Crippen molar-refractivity contribution in [1.82, 2.24) is 10.2 Å². The second-order valence-electron chi connectivity index (χ2n) is 6.61. The molecule has 4 rings (SSSR count). The molecule has 1 aliphatic rings. The first kappa shape index (κ1) is 16.4. The van der Waals surface area contributed by atoms with Crippen molar-refractivity contribution in [2.24, 2.45) is 5.92 Å². The summed E-state index contributed by atoms with van der Waals surface area (Å²) in [4.78, 5) is 26.4. The van der Waals surface area contributed by atoms with Crippen molar-refractivity contribution < 1.29 is 18.4 Å². The van der Waals surface area contributed by atoms with E-state index in [-0.39, 0.29) is 11.8 Å². The van der Waals surface area contributed by atoms with Gasteiger partial charge < -0.3 is 19.1 Å². The molecule has 0 spiro atoms. The Morgan fingerprint density at radius 1 is 1.15 bits per heavy atom. The maximum Gasteiger partial charge on any atom is 0.287 e. The van der Waals surface area contributed by atoms with Gasteiger partial charge in [-0.05, 0) is 37.0 Å². The highest BCUT2D eigenvalue weighted by molar-refractivity contribution is 5.96. The molecule has 0 unspecified atom stereocenters. The molecule has 0 bridgehead atoms. The Morgan fingerprint density at radius 2 is 1.96 bits per heavy atom. The molecular formula is C20H20N2O4. The van der Waals surface area contributed by atoms with Crippen molar-refractivity contribution in [1.29, 1.82) is 0 Å². The Labute approximate surface area is 150 Å². The van der Waals surface area contributed by atoms with Gasteiger partial charge in [-0.15, -0.1) is 0 Å². The van der Waals surface area contributed by atoms with Crippen LogP contribution in [0, 0.1) is 5.92 Å². The SMILES string of the molecule is O=C(NCC1CCN(C(=O)c2ccoc2)CC1)c1cc2ccccc2o1. The summed E-state index contributed by atoms with van der Waals surface area (Å²) < 4.78 is 10.6. The number of nitrogens with zero attached hydrogens (tertiary/aromatic N) is 1. The van der Waals surface area contributed by atoms with Crippen LogP contribution in [0.4, 0.5) is 0 Å². The van der Waals surface area contributed by atoms with Crippen LogP contribution in [0.2, 0.25) is 0 Å². The number of carbonyl (C=O) groups excluding carboxylic acids is 2. The van der Waals surface area contributed by atoms with E-state index >= 15 is 0 Å². The predicted molar refractivity (Wildman–Crippen MR) is 95.9 cm³/mol. The first-order chi connectivity index (χ1) is 12.7. The van der Waals surface area contributed by atoms with Crippen LogP contribution in [0.25, 0.3) is 11.0 Å². The Balaban J connectivity index is 1.28. The van der Waals surface area contributed by atoms with Gasteiger partial charge >= 0.3 is 0 Å². The number of nitrogens with one attached hydrogen (secondary N) is 1. The van der Waals surface area contributed by atoms with Gasteiger partial charge in [0, 0.05) is 25.0 Å². The first-order valence-electron chi connectivity index (χ1n) is 8.79. The molecule has 1 N–H and O–H groups in total. The van der Waals surface area contributed by atoms with Crippen LogP contribution in [0.3, 0.4) is 0 Å². The zero-order valence-corrected chi connectivity index (χ0v) is 14.3. The van der Waals surface area contributed by atoms with E-state index in [2.05, 4.69) is 5.32 Å². The minimum absolute atomic E-state index is 0.00325. The summed E-state index contributed by atoms with van der Waals surface area (Å²) in [6.45, 7) is 1.97. The number of rotatable bonds is 4. The van der Waals surface area contributed by atoms with Gasteiger partial charge in [0.2, 0.25) is 0 Å². The number of fused-ring (bicyclic) bond motifs is 1. The second-order valence-corrected chi connectivity index (χ2v) is 6.61. The summed E-state index contributed by atoms with van der Waals surface area (Å²) in [6, 6.07) is 11.0. The summed E-state index contributed by atoms with van der Waals surface area (Å²) in [5, 5.41) is 3.87. The van der Waals surface area contributed by atoms with Gasteiger partial charge in [-0.1, -0.05) is 18.2 Å². The maximum atomic E-state index is 12.3. The van der Waals surface area contributed by atoms with Crippen LogP contribution in [0.5, 0.6) is 0 Å². The zero-order valence-electron chi connectivity index (χ0n) is 14.3. The lowest BCUT2D eigenvalue weighted by atomic mass is 9.96. The number of likely N-dealkylation sites (tertiary alicyclic amines) is 1. The normalized spacial score (nSPS) is 15.3. The number of carbonyl (C=O) groups is 2. The molecule has 2 aromatic heterocycles. The Morgan fingerprint density at radius 3 is 2.69 bits per heavy atom. The van der Waals surface area contributed by atoms with Crippen molar-refractivity contribution in [3.05, 3.63) is 60.2 Å². The monoisotopic (exact) mass is 352 g/mol. The zero-order chi connectivity index (χ0) is 17.9. The summed E-state index contributed by atoms with van der Waals surface area (Å²) in [7, 11) is 0. The quantitative estimate of drug-likeness (QED) is 0.782. The number of benzene rings is 1. The molecule has 1 fully saturated rings. The van der Waals surface area contributed by atoms with Crippen molar-refractivity contribution in [2.75, 3.05) is 19.6 Å². The van der Waals surface area contributed by atoms with Gasteiger partial charge in [0.25, 0.3) is 11.8 Å². The largest absolute Gasteiger partial charge is 0.472 e. The molecule has 2 amide bonds. The molecule has 1 saturated heterocycles. The lowest BCUT2D eigenvalue weighted by Crippen LogP contribution is -2.41. The molecule has 1 aliphatic heterocycles. The molecule has 6 heteroatoms. The van der Waals surface area contributed by atoms with Crippen molar-refractivity contribution >= 4 is 22.8 Å². The second kappa shape index (κ2) is 7.07. The van der Waals surface area contributed by atoms with Gasteiger partial charge in [-0.2, -0.15) is 0 Å². The molecule has 1 aromatic carbocycles. The fraction of sp³-hybridized carbons (Fsp3) is 0.300. The van der Waals surface area contributed by atoms with Gasteiger partial charge in [0.1, 0.15) is 11.8 Å². The van der Waals surface area contributed by atoms with Gasteiger partial charge in [0.15, 0.2) is 5.76 Å². The predicted octanol–water partition coefficient (Wildman–Crippen LogP) is 3.31. The smallest absolute Gasteiger partial charge is 0.287 e. The van der Waals surface area contributed by atoms with E-state index in [4.69, 9.17) is 8.83 Å². The summed E-state index contributed by atoms with van der Waals surface area (Å²) >= 11 is 0. The van der Waals surface area contributed by atoms with E-state index in [1.165, 1.54) is 12.5 Å². The van der Waals surface area contributed by atoms with Crippen LogP contribution in [0.15, 0.2) is 57.8 Å². The molecule has 0 saturated carbocycles. The highest BCUT2D eigenvalue weighted by atomic mass is 16.3. The van der Waals surface area contributed by atoms with Crippen molar-refractivity contribution in [2.45, 2.75) is 12.8 Å². The summed E-state index contributed by atoms with van der Waals surface area (Å²) in [5.74, 6) is 0.497. The number of furan rings is 2. The summed E-state index contributed by atoms with van der Waals surface area (Å²) in [5.41, 5.74) is 1.30. The van der Waals surface area contributed by atoms with E-state index in [0.717, 1.165) is 18.2 Å². The summed E-state index contributed by atoms with van der Waals surface area (Å²) in [6.07, 6.45) is 4.71. The average Bonchev–Trinajstić information content (AvgIpc) is 3.35. The minimum Gasteiger partial charge on any atom is -0.472 e. The third-order valence-corrected chi connectivity index (χ3v) is 4.87.